The summed E-state index contributed by atoms with van der Waals surface area (Å²) in [7, 11) is 3.34. The third-order valence-corrected chi connectivity index (χ3v) is 5.50. The lowest BCUT2D eigenvalue weighted by atomic mass is 10.1. The van der Waals surface area contributed by atoms with E-state index in [1.807, 2.05) is 19.2 Å². The van der Waals surface area contributed by atoms with E-state index in [-0.39, 0.29) is 24.0 Å². The van der Waals surface area contributed by atoms with Crippen LogP contribution in [0.4, 0.5) is 0 Å². The minimum Gasteiger partial charge on any atom is -0.493 e. The van der Waals surface area contributed by atoms with Crippen LogP contribution in [0.2, 0.25) is 0 Å². The van der Waals surface area contributed by atoms with Gasteiger partial charge in [0.2, 0.25) is 0 Å². The largest absolute Gasteiger partial charge is 0.493 e. The fraction of sp³-hybridized carbons (Fsp3) is 0.500. The van der Waals surface area contributed by atoms with Crippen molar-refractivity contribution in [1.29, 1.82) is 0 Å². The number of benzene rings is 1. The summed E-state index contributed by atoms with van der Waals surface area (Å²) in [5.74, 6) is 2.56. The quantitative estimate of drug-likeness (QED) is 0.308. The van der Waals surface area contributed by atoms with E-state index in [0.29, 0.717) is 0 Å². The normalized spacial score (nSPS) is 14.6. The molecule has 0 unspecified atom stereocenters. The number of hydrogen-bond acceptors (Lipinski definition) is 5. The van der Waals surface area contributed by atoms with E-state index in [9.17, 15) is 0 Å². The zero-order valence-electron chi connectivity index (χ0n) is 19.6. The molecule has 0 saturated carbocycles. The van der Waals surface area contributed by atoms with Gasteiger partial charge in [0, 0.05) is 57.7 Å². The van der Waals surface area contributed by atoms with Gasteiger partial charge in [0.1, 0.15) is 0 Å². The molecule has 0 spiro atoms. The van der Waals surface area contributed by atoms with Crippen molar-refractivity contribution in [1.82, 2.24) is 20.1 Å². The van der Waals surface area contributed by atoms with Gasteiger partial charge >= 0.3 is 0 Å². The van der Waals surface area contributed by atoms with Crippen LogP contribution >= 0.6 is 24.0 Å². The van der Waals surface area contributed by atoms with Crippen molar-refractivity contribution >= 4 is 29.9 Å². The van der Waals surface area contributed by atoms with E-state index < -0.39 is 0 Å². The van der Waals surface area contributed by atoms with Crippen LogP contribution in [0.3, 0.4) is 0 Å². The Morgan fingerprint density at radius 1 is 1.03 bits per heavy atom. The molecule has 1 aliphatic heterocycles. The number of rotatable bonds is 8. The predicted molar refractivity (Wildman–Crippen MR) is 140 cm³/mol. The van der Waals surface area contributed by atoms with E-state index in [2.05, 4.69) is 51.3 Å². The fourth-order valence-electron chi connectivity index (χ4n) is 3.72. The van der Waals surface area contributed by atoms with Crippen LogP contribution in [-0.2, 0) is 13.0 Å². The second kappa shape index (κ2) is 13.5. The van der Waals surface area contributed by atoms with Crippen LogP contribution in [0.5, 0.6) is 11.5 Å². The number of ether oxygens (including phenoxy) is 2. The van der Waals surface area contributed by atoms with Gasteiger partial charge in [-0.25, -0.2) is 0 Å². The van der Waals surface area contributed by atoms with Crippen LogP contribution < -0.4 is 14.8 Å². The Labute approximate surface area is 209 Å². The molecule has 176 valence electrons. The SMILES string of the molecule is CCNC(=NCCc1ccc(C)nc1)N1CCN(Cc2ccc(OC)c(OC)c2)CC1.I. The molecule has 0 radical (unpaired) electrons. The standard InChI is InChI=1S/C24H35N5O2.HI/c1-5-25-24(26-11-10-20-7-6-19(2)27-17-20)29-14-12-28(13-15-29)18-21-8-9-22(30-3)23(16-21)31-4;/h6-9,16-17H,5,10-15,18H2,1-4H3,(H,25,26);1H. The molecule has 2 heterocycles. The molecular weight excluding hydrogens is 517 g/mol. The van der Waals surface area contributed by atoms with E-state index in [0.717, 1.165) is 75.4 Å². The average molecular weight is 553 g/mol. The molecule has 8 heteroatoms. The molecular formula is C24H36IN5O2. The number of pyridine rings is 1. The van der Waals surface area contributed by atoms with Gasteiger partial charge in [0.05, 0.1) is 14.2 Å². The lowest BCUT2D eigenvalue weighted by Crippen LogP contribution is -2.52. The highest BCUT2D eigenvalue weighted by atomic mass is 127. The molecule has 0 bridgehead atoms. The number of halogens is 1. The summed E-state index contributed by atoms with van der Waals surface area (Å²) in [4.78, 5) is 14.1. The Morgan fingerprint density at radius 2 is 1.75 bits per heavy atom. The van der Waals surface area contributed by atoms with Gasteiger partial charge in [-0.2, -0.15) is 0 Å². The van der Waals surface area contributed by atoms with Crippen molar-refractivity contribution < 1.29 is 9.47 Å². The molecule has 1 N–H and O–H groups in total. The first-order valence-electron chi connectivity index (χ1n) is 11.0. The summed E-state index contributed by atoms with van der Waals surface area (Å²) in [6.07, 6.45) is 2.85. The lowest BCUT2D eigenvalue weighted by molar-refractivity contribution is 0.172. The van der Waals surface area contributed by atoms with E-state index in [4.69, 9.17) is 14.5 Å². The van der Waals surface area contributed by atoms with Crippen LogP contribution in [0.25, 0.3) is 0 Å². The number of piperazine rings is 1. The Balaban J connectivity index is 0.00000363. The summed E-state index contributed by atoms with van der Waals surface area (Å²) < 4.78 is 10.8. The van der Waals surface area contributed by atoms with Crippen LogP contribution in [0.1, 0.15) is 23.7 Å². The second-order valence-electron chi connectivity index (χ2n) is 7.75. The number of nitrogens with zero attached hydrogens (tertiary/aromatic N) is 4. The van der Waals surface area contributed by atoms with Crippen molar-refractivity contribution in [2.75, 3.05) is 53.5 Å². The van der Waals surface area contributed by atoms with Gasteiger partial charge in [-0.3, -0.25) is 14.9 Å². The summed E-state index contributed by atoms with van der Waals surface area (Å²) in [6.45, 7) is 10.6. The maximum Gasteiger partial charge on any atom is 0.194 e. The van der Waals surface area contributed by atoms with E-state index in [1.54, 1.807) is 14.2 Å². The molecule has 0 atom stereocenters. The number of aliphatic imine (C=N–C) groups is 1. The molecule has 0 aliphatic carbocycles. The first kappa shape index (κ1) is 26.2. The highest BCUT2D eigenvalue weighted by Gasteiger charge is 2.20. The Bertz CT molecular complexity index is 852. The smallest absolute Gasteiger partial charge is 0.194 e. The molecule has 1 aromatic heterocycles. The van der Waals surface area contributed by atoms with Gasteiger partial charge < -0.3 is 19.7 Å². The molecule has 32 heavy (non-hydrogen) atoms. The summed E-state index contributed by atoms with van der Waals surface area (Å²) >= 11 is 0. The molecule has 7 nitrogen and oxygen atoms in total. The number of guanidine groups is 1. The Kier molecular flexibility index (Phi) is 11.0. The number of hydrogen-bond donors (Lipinski definition) is 1. The van der Waals surface area contributed by atoms with Gasteiger partial charge in [0.25, 0.3) is 0 Å². The highest BCUT2D eigenvalue weighted by Crippen LogP contribution is 2.28. The maximum atomic E-state index is 5.44. The van der Waals surface area contributed by atoms with Crippen molar-refractivity contribution in [3.05, 3.63) is 53.3 Å². The number of aromatic nitrogens is 1. The van der Waals surface area contributed by atoms with Crippen molar-refractivity contribution in [3.8, 4) is 11.5 Å². The maximum absolute atomic E-state index is 5.44. The highest BCUT2D eigenvalue weighted by molar-refractivity contribution is 14.0. The van der Waals surface area contributed by atoms with Crippen molar-refractivity contribution in [3.63, 3.8) is 0 Å². The van der Waals surface area contributed by atoms with Crippen LogP contribution in [0, 0.1) is 6.92 Å². The molecule has 1 saturated heterocycles. The van der Waals surface area contributed by atoms with E-state index >= 15 is 0 Å². The van der Waals surface area contributed by atoms with Gasteiger partial charge in [-0.05, 0) is 49.6 Å². The van der Waals surface area contributed by atoms with Gasteiger partial charge in [-0.1, -0.05) is 12.1 Å². The molecule has 1 fully saturated rings. The summed E-state index contributed by atoms with van der Waals surface area (Å²) in [5.41, 5.74) is 3.51. The number of methoxy groups -OCH3 is 2. The third kappa shape index (κ3) is 7.51. The zero-order valence-corrected chi connectivity index (χ0v) is 22.0. The predicted octanol–water partition coefficient (Wildman–Crippen LogP) is 3.35. The van der Waals surface area contributed by atoms with E-state index in [1.165, 1.54) is 11.1 Å². The molecule has 1 aromatic carbocycles. The third-order valence-electron chi connectivity index (χ3n) is 5.50. The number of aryl methyl sites for hydroxylation is 1. The van der Waals surface area contributed by atoms with Crippen LogP contribution in [0.15, 0.2) is 41.5 Å². The van der Waals surface area contributed by atoms with Crippen molar-refractivity contribution in [2.24, 2.45) is 4.99 Å². The monoisotopic (exact) mass is 553 g/mol. The first-order valence-corrected chi connectivity index (χ1v) is 11.0. The minimum absolute atomic E-state index is 0. The summed E-state index contributed by atoms with van der Waals surface area (Å²) in [6, 6.07) is 10.3. The van der Waals surface area contributed by atoms with Crippen LogP contribution in [-0.4, -0.2) is 74.2 Å². The zero-order chi connectivity index (χ0) is 22.1. The van der Waals surface area contributed by atoms with Gasteiger partial charge in [0.15, 0.2) is 17.5 Å². The Morgan fingerprint density at radius 3 is 2.38 bits per heavy atom. The minimum atomic E-state index is 0. The first-order chi connectivity index (χ1) is 15.1. The summed E-state index contributed by atoms with van der Waals surface area (Å²) in [5, 5.41) is 3.45. The van der Waals surface area contributed by atoms with Crippen molar-refractivity contribution in [2.45, 2.75) is 26.8 Å². The Hall–Kier alpha value is -2.07. The lowest BCUT2D eigenvalue weighted by Gasteiger charge is -2.36. The molecule has 0 amide bonds. The van der Waals surface area contributed by atoms with Gasteiger partial charge in [-0.15, -0.1) is 24.0 Å². The molecule has 3 rings (SSSR count). The topological polar surface area (TPSA) is 62.2 Å². The molecule has 1 aliphatic rings. The molecule has 2 aromatic rings. The number of nitrogens with one attached hydrogen (secondary N) is 1. The second-order valence-corrected chi connectivity index (χ2v) is 7.75. The average Bonchev–Trinajstić information content (AvgIpc) is 2.80. The fourth-order valence-corrected chi connectivity index (χ4v) is 3.72.